The monoisotopic (exact) mass is 292 g/mol. The highest BCUT2D eigenvalue weighted by Gasteiger charge is 2.13. The molecule has 0 aliphatic rings. The first kappa shape index (κ1) is 14.1. The van der Waals surface area contributed by atoms with Crippen molar-refractivity contribution in [2.75, 3.05) is 0 Å². The van der Waals surface area contributed by atoms with Gasteiger partial charge in [-0.05, 0) is 13.8 Å². The lowest BCUT2D eigenvalue weighted by atomic mass is 10.2. The van der Waals surface area contributed by atoms with Crippen LogP contribution in [0.25, 0.3) is 10.6 Å². The first-order valence-corrected chi connectivity index (χ1v) is 7.87. The number of nitrogens with zero attached hydrogens (tertiary/aromatic N) is 1. The molecule has 2 N–H and O–H groups in total. The number of aromatic nitrogens is 1. The maximum Gasteiger partial charge on any atom is 0.230 e. The molecule has 0 saturated carbocycles. The fraction of sp³-hybridized carbons (Fsp3) is 0.286. The minimum atomic E-state index is -0.268. The minimum absolute atomic E-state index is 0.165. The molecule has 1 heterocycles. The van der Waals surface area contributed by atoms with E-state index in [0.717, 1.165) is 22.0 Å². The van der Waals surface area contributed by atoms with E-state index in [2.05, 4.69) is 17.1 Å². The predicted molar refractivity (Wildman–Crippen MR) is 82.2 cm³/mol. The molecule has 0 radical (unpaired) electrons. The predicted octanol–water partition coefficient (Wildman–Crippen LogP) is 3.23. The van der Waals surface area contributed by atoms with Crippen LogP contribution in [0.4, 0.5) is 0 Å². The number of carbonyl (C=O) groups is 1. The van der Waals surface area contributed by atoms with Crippen LogP contribution in [0.5, 0.6) is 0 Å². The Hall–Kier alpha value is -1.33. The number of hydrogen-bond acceptors (Lipinski definition) is 4. The van der Waals surface area contributed by atoms with E-state index < -0.39 is 0 Å². The van der Waals surface area contributed by atoms with E-state index in [0.29, 0.717) is 0 Å². The van der Waals surface area contributed by atoms with Crippen LogP contribution >= 0.6 is 23.1 Å². The first-order valence-electron chi connectivity index (χ1n) is 6.00. The standard InChI is InChI=1S/C14H16N2OS2/c1-9-12(8-18-10(2)13(15)17)19-14(16-9)11-6-4-3-5-7-11/h3-7,10H,8H2,1-2H3,(H2,15,17)/t10-/m0/s1. The van der Waals surface area contributed by atoms with Crippen LogP contribution in [-0.2, 0) is 10.5 Å². The van der Waals surface area contributed by atoms with Gasteiger partial charge in [0.15, 0.2) is 0 Å². The molecular weight excluding hydrogens is 276 g/mol. The maximum atomic E-state index is 11.0. The zero-order valence-corrected chi connectivity index (χ0v) is 12.6. The van der Waals surface area contributed by atoms with Crippen LogP contribution in [-0.4, -0.2) is 16.1 Å². The van der Waals surface area contributed by atoms with Crippen molar-refractivity contribution in [3.05, 3.63) is 40.9 Å². The first-order chi connectivity index (χ1) is 9.08. The van der Waals surface area contributed by atoms with Gasteiger partial charge >= 0.3 is 0 Å². The van der Waals surface area contributed by atoms with Gasteiger partial charge in [0.05, 0.1) is 10.9 Å². The lowest BCUT2D eigenvalue weighted by molar-refractivity contribution is -0.117. The van der Waals surface area contributed by atoms with Crippen LogP contribution in [0.15, 0.2) is 30.3 Å². The third-order valence-corrected chi connectivity index (χ3v) is 5.36. The molecule has 1 aromatic heterocycles. The summed E-state index contributed by atoms with van der Waals surface area (Å²) in [5.41, 5.74) is 7.43. The van der Waals surface area contributed by atoms with Crippen LogP contribution in [0.1, 0.15) is 17.5 Å². The summed E-state index contributed by atoms with van der Waals surface area (Å²) in [6.07, 6.45) is 0. The van der Waals surface area contributed by atoms with E-state index in [9.17, 15) is 4.79 Å². The second-order valence-electron chi connectivity index (χ2n) is 4.25. The number of rotatable bonds is 5. The molecule has 1 atom stereocenters. The molecule has 0 fully saturated rings. The Kier molecular flexibility index (Phi) is 4.61. The van der Waals surface area contributed by atoms with Crippen LogP contribution in [0.2, 0.25) is 0 Å². The van der Waals surface area contributed by atoms with Gasteiger partial charge in [-0.1, -0.05) is 30.3 Å². The second kappa shape index (κ2) is 6.21. The molecule has 0 aliphatic carbocycles. The quantitative estimate of drug-likeness (QED) is 0.920. The molecule has 0 aliphatic heterocycles. The largest absolute Gasteiger partial charge is 0.369 e. The van der Waals surface area contributed by atoms with Crippen molar-refractivity contribution >= 4 is 29.0 Å². The molecule has 0 bridgehead atoms. The van der Waals surface area contributed by atoms with Gasteiger partial charge in [0.2, 0.25) is 5.91 Å². The Morgan fingerprint density at radius 1 is 1.42 bits per heavy atom. The molecule has 5 heteroatoms. The highest BCUT2D eigenvalue weighted by atomic mass is 32.2. The van der Waals surface area contributed by atoms with E-state index in [1.807, 2.05) is 32.0 Å². The van der Waals surface area contributed by atoms with E-state index in [4.69, 9.17) is 5.73 Å². The normalized spacial score (nSPS) is 12.3. The van der Waals surface area contributed by atoms with Crippen molar-refractivity contribution in [1.82, 2.24) is 4.98 Å². The third-order valence-electron chi connectivity index (χ3n) is 2.78. The molecule has 1 aromatic carbocycles. The number of carbonyl (C=O) groups excluding carboxylic acids is 1. The summed E-state index contributed by atoms with van der Waals surface area (Å²) >= 11 is 3.24. The van der Waals surface area contributed by atoms with Crippen LogP contribution in [0, 0.1) is 6.92 Å². The molecule has 0 unspecified atom stereocenters. The molecule has 3 nitrogen and oxygen atoms in total. The Morgan fingerprint density at radius 3 is 2.74 bits per heavy atom. The number of hydrogen-bond donors (Lipinski definition) is 1. The second-order valence-corrected chi connectivity index (χ2v) is 6.66. The molecule has 2 rings (SSSR count). The van der Waals surface area contributed by atoms with Crippen molar-refractivity contribution in [1.29, 1.82) is 0 Å². The minimum Gasteiger partial charge on any atom is -0.369 e. The number of aryl methyl sites for hydroxylation is 1. The summed E-state index contributed by atoms with van der Waals surface area (Å²) < 4.78 is 0. The molecule has 19 heavy (non-hydrogen) atoms. The van der Waals surface area contributed by atoms with Crippen molar-refractivity contribution in [2.24, 2.45) is 5.73 Å². The number of primary amides is 1. The van der Waals surface area contributed by atoms with Gasteiger partial charge in [0.25, 0.3) is 0 Å². The van der Waals surface area contributed by atoms with Crippen LogP contribution < -0.4 is 5.73 Å². The molecule has 0 spiro atoms. The van der Waals surface area contributed by atoms with E-state index in [1.165, 1.54) is 4.88 Å². The summed E-state index contributed by atoms with van der Waals surface area (Å²) in [6, 6.07) is 10.1. The van der Waals surface area contributed by atoms with Crippen molar-refractivity contribution in [2.45, 2.75) is 24.9 Å². The van der Waals surface area contributed by atoms with Gasteiger partial charge in [0, 0.05) is 16.2 Å². The molecule has 100 valence electrons. The topological polar surface area (TPSA) is 56.0 Å². The van der Waals surface area contributed by atoms with Crippen LogP contribution in [0.3, 0.4) is 0 Å². The number of benzene rings is 1. The fourth-order valence-corrected chi connectivity index (χ4v) is 3.63. The average Bonchev–Trinajstić information content (AvgIpc) is 2.78. The van der Waals surface area contributed by atoms with Gasteiger partial charge in [0.1, 0.15) is 5.01 Å². The Bertz CT molecular complexity index is 566. The number of nitrogens with two attached hydrogens (primary N) is 1. The Morgan fingerprint density at radius 2 is 2.11 bits per heavy atom. The maximum absolute atomic E-state index is 11.0. The number of amides is 1. The lowest BCUT2D eigenvalue weighted by Crippen LogP contribution is -2.22. The van der Waals surface area contributed by atoms with Gasteiger partial charge in [-0.2, -0.15) is 0 Å². The summed E-state index contributed by atoms with van der Waals surface area (Å²) in [5.74, 6) is 0.510. The summed E-state index contributed by atoms with van der Waals surface area (Å²) in [6.45, 7) is 3.84. The zero-order chi connectivity index (χ0) is 13.8. The smallest absolute Gasteiger partial charge is 0.230 e. The van der Waals surface area contributed by atoms with Crippen molar-refractivity contribution in [3.63, 3.8) is 0 Å². The Balaban J connectivity index is 2.11. The van der Waals surface area contributed by atoms with Gasteiger partial charge in [-0.15, -0.1) is 23.1 Å². The average molecular weight is 292 g/mol. The van der Waals surface area contributed by atoms with Gasteiger partial charge in [-0.25, -0.2) is 4.98 Å². The van der Waals surface area contributed by atoms with Gasteiger partial charge < -0.3 is 5.73 Å². The fourth-order valence-electron chi connectivity index (χ4n) is 1.55. The molecule has 1 amide bonds. The van der Waals surface area contributed by atoms with E-state index >= 15 is 0 Å². The zero-order valence-electron chi connectivity index (χ0n) is 10.9. The van der Waals surface area contributed by atoms with Crippen molar-refractivity contribution in [3.8, 4) is 10.6 Å². The number of thiazole rings is 1. The SMILES string of the molecule is Cc1nc(-c2ccccc2)sc1CS[C@@H](C)C(N)=O. The molecular formula is C14H16N2OS2. The summed E-state index contributed by atoms with van der Waals surface area (Å²) in [5, 5.41) is 0.863. The summed E-state index contributed by atoms with van der Waals surface area (Å²) in [7, 11) is 0. The van der Waals surface area contributed by atoms with Gasteiger partial charge in [-0.3, -0.25) is 4.79 Å². The third kappa shape index (κ3) is 3.58. The Labute approximate surface area is 121 Å². The highest BCUT2D eigenvalue weighted by Crippen LogP contribution is 2.31. The van der Waals surface area contributed by atoms with E-state index in [-0.39, 0.29) is 11.2 Å². The molecule has 0 saturated heterocycles. The van der Waals surface area contributed by atoms with E-state index in [1.54, 1.807) is 23.1 Å². The summed E-state index contributed by atoms with van der Waals surface area (Å²) in [4.78, 5) is 16.8. The highest BCUT2D eigenvalue weighted by molar-refractivity contribution is 7.99. The number of thioether (sulfide) groups is 1. The lowest BCUT2D eigenvalue weighted by Gasteiger charge is -2.05. The molecule has 2 aromatic rings. The van der Waals surface area contributed by atoms with Crippen molar-refractivity contribution < 1.29 is 4.79 Å².